The predicted molar refractivity (Wildman–Crippen MR) is 53.8 cm³/mol. The summed E-state index contributed by atoms with van der Waals surface area (Å²) in [5.74, 6) is -1.44. The Hall–Kier alpha value is -2.03. The van der Waals surface area contributed by atoms with Crippen LogP contribution in [0.3, 0.4) is 0 Å². The first-order valence-electron chi connectivity index (χ1n) is 4.05. The van der Waals surface area contributed by atoms with Gasteiger partial charge in [-0.25, -0.2) is 4.79 Å². The summed E-state index contributed by atoms with van der Waals surface area (Å²) in [6.07, 6.45) is 3.71. The largest absolute Gasteiger partial charge is 0.508 e. The van der Waals surface area contributed by atoms with Crippen molar-refractivity contribution >= 4 is 12.0 Å². The van der Waals surface area contributed by atoms with E-state index < -0.39 is 5.97 Å². The third kappa shape index (κ3) is 3.58. The number of aliphatic carboxylic acids is 1. The Morgan fingerprint density at radius 2 is 1.79 bits per heavy atom. The predicted octanol–water partition coefficient (Wildman–Crippen LogP) is 2.23. The van der Waals surface area contributed by atoms with Crippen molar-refractivity contribution in [2.45, 2.75) is 0 Å². The zero-order chi connectivity index (χ0) is 10.4. The van der Waals surface area contributed by atoms with E-state index >= 15 is 0 Å². The van der Waals surface area contributed by atoms with Gasteiger partial charge in [-0.15, -0.1) is 0 Å². The van der Waals surface area contributed by atoms with Crippen molar-refractivity contribution in [2.24, 2.45) is 0 Å². The zero-order valence-electron chi connectivity index (χ0n) is 7.42. The van der Waals surface area contributed by atoms with Gasteiger partial charge in [-0.2, -0.15) is 0 Å². The number of aliphatic hydroxyl groups excluding tert-OH is 1. The van der Waals surface area contributed by atoms with Crippen molar-refractivity contribution in [3.05, 3.63) is 53.8 Å². The first kappa shape index (κ1) is 10.1. The minimum Gasteiger partial charge on any atom is -0.508 e. The summed E-state index contributed by atoms with van der Waals surface area (Å²) in [4.78, 5) is 10.2. The highest BCUT2D eigenvalue weighted by atomic mass is 16.4. The number of rotatable bonds is 3. The van der Waals surface area contributed by atoms with Crippen LogP contribution in [-0.2, 0) is 4.79 Å². The number of aliphatic hydroxyl groups is 1. The lowest BCUT2D eigenvalue weighted by Crippen LogP contribution is -1.89. The van der Waals surface area contributed by atoms with Crippen LogP contribution >= 0.6 is 0 Å². The van der Waals surface area contributed by atoms with Gasteiger partial charge in [0.25, 0.3) is 0 Å². The SMILES string of the molecule is O=C(O)C=C(O)C=Cc1ccccc1. The van der Waals surface area contributed by atoms with Crippen molar-refractivity contribution < 1.29 is 15.0 Å². The van der Waals surface area contributed by atoms with Crippen LogP contribution in [0.15, 0.2) is 48.2 Å². The van der Waals surface area contributed by atoms with Crippen molar-refractivity contribution in [1.29, 1.82) is 0 Å². The number of hydrogen-bond acceptors (Lipinski definition) is 2. The molecule has 0 aliphatic carbocycles. The van der Waals surface area contributed by atoms with E-state index in [9.17, 15) is 4.79 Å². The molecule has 0 aliphatic heterocycles. The van der Waals surface area contributed by atoms with Crippen molar-refractivity contribution in [3.63, 3.8) is 0 Å². The van der Waals surface area contributed by atoms with Gasteiger partial charge in [-0.1, -0.05) is 36.4 Å². The minimum atomic E-state index is -1.17. The lowest BCUT2D eigenvalue weighted by molar-refractivity contribution is -0.131. The van der Waals surface area contributed by atoms with Crippen molar-refractivity contribution in [1.82, 2.24) is 0 Å². The molecule has 0 radical (unpaired) electrons. The highest BCUT2D eigenvalue weighted by Gasteiger charge is 1.91. The molecule has 14 heavy (non-hydrogen) atoms. The molecule has 72 valence electrons. The lowest BCUT2D eigenvalue weighted by atomic mass is 10.2. The Kier molecular flexibility index (Phi) is 3.49. The van der Waals surface area contributed by atoms with Crippen LogP contribution in [-0.4, -0.2) is 16.2 Å². The molecular formula is C11H10O3. The van der Waals surface area contributed by atoms with Gasteiger partial charge in [-0.3, -0.25) is 0 Å². The Morgan fingerprint density at radius 1 is 1.14 bits per heavy atom. The highest BCUT2D eigenvalue weighted by Crippen LogP contribution is 2.03. The fourth-order valence-electron chi connectivity index (χ4n) is 0.920. The molecule has 0 atom stereocenters. The van der Waals surface area contributed by atoms with Gasteiger partial charge in [-0.05, 0) is 11.6 Å². The third-order valence-electron chi connectivity index (χ3n) is 1.52. The Bertz CT molecular complexity index is 363. The number of carboxylic acid groups (broad SMARTS) is 1. The normalized spacial score (nSPS) is 11.9. The second-order valence-electron chi connectivity index (χ2n) is 2.65. The van der Waals surface area contributed by atoms with Crippen LogP contribution in [0.1, 0.15) is 5.56 Å². The van der Waals surface area contributed by atoms with E-state index in [1.165, 1.54) is 6.08 Å². The number of carbonyl (C=O) groups is 1. The average molecular weight is 190 g/mol. The van der Waals surface area contributed by atoms with E-state index in [1.807, 2.05) is 30.3 Å². The van der Waals surface area contributed by atoms with Gasteiger partial charge < -0.3 is 10.2 Å². The zero-order valence-corrected chi connectivity index (χ0v) is 7.42. The monoisotopic (exact) mass is 190 g/mol. The van der Waals surface area contributed by atoms with Crippen LogP contribution in [0.25, 0.3) is 6.08 Å². The van der Waals surface area contributed by atoms with Crippen LogP contribution < -0.4 is 0 Å². The summed E-state index contributed by atoms with van der Waals surface area (Å²) < 4.78 is 0. The number of carboxylic acids is 1. The van der Waals surface area contributed by atoms with Gasteiger partial charge in [0.1, 0.15) is 5.76 Å². The van der Waals surface area contributed by atoms with E-state index in [-0.39, 0.29) is 5.76 Å². The quantitative estimate of drug-likeness (QED) is 0.436. The summed E-state index contributed by atoms with van der Waals surface area (Å²) in [5.41, 5.74) is 0.901. The second-order valence-corrected chi connectivity index (χ2v) is 2.65. The van der Waals surface area contributed by atoms with Crippen LogP contribution in [0.4, 0.5) is 0 Å². The molecule has 0 amide bonds. The topological polar surface area (TPSA) is 57.5 Å². The Morgan fingerprint density at radius 3 is 2.36 bits per heavy atom. The average Bonchev–Trinajstić information content (AvgIpc) is 2.15. The second kappa shape index (κ2) is 4.87. The minimum absolute atomic E-state index is 0.277. The molecule has 2 N–H and O–H groups in total. The van der Waals surface area contributed by atoms with E-state index in [4.69, 9.17) is 10.2 Å². The maximum absolute atomic E-state index is 10.2. The fraction of sp³-hybridized carbons (Fsp3) is 0. The molecule has 1 aromatic carbocycles. The molecule has 0 spiro atoms. The molecule has 0 unspecified atom stereocenters. The molecule has 1 aromatic rings. The third-order valence-corrected chi connectivity index (χ3v) is 1.52. The van der Waals surface area contributed by atoms with Crippen LogP contribution in [0, 0.1) is 0 Å². The number of allylic oxidation sites excluding steroid dienone is 1. The van der Waals surface area contributed by atoms with Gasteiger partial charge in [0.2, 0.25) is 0 Å². The lowest BCUT2D eigenvalue weighted by Gasteiger charge is -1.91. The molecule has 1 rings (SSSR count). The molecule has 0 bridgehead atoms. The molecule has 0 heterocycles. The molecule has 0 aliphatic rings. The summed E-state index contributed by atoms with van der Waals surface area (Å²) in [6.45, 7) is 0. The summed E-state index contributed by atoms with van der Waals surface area (Å²) in [5, 5.41) is 17.4. The van der Waals surface area contributed by atoms with E-state index in [0.29, 0.717) is 0 Å². The number of benzene rings is 1. The molecular weight excluding hydrogens is 180 g/mol. The van der Waals surface area contributed by atoms with Gasteiger partial charge in [0.15, 0.2) is 0 Å². The smallest absolute Gasteiger partial charge is 0.332 e. The summed E-state index contributed by atoms with van der Waals surface area (Å²) in [7, 11) is 0. The molecule has 3 nitrogen and oxygen atoms in total. The molecule has 0 saturated carbocycles. The Labute approximate surface area is 81.6 Å². The first-order valence-corrected chi connectivity index (χ1v) is 4.05. The molecule has 0 aromatic heterocycles. The summed E-state index contributed by atoms with van der Waals surface area (Å²) >= 11 is 0. The molecule has 0 saturated heterocycles. The molecule has 0 fully saturated rings. The van der Waals surface area contributed by atoms with E-state index in [2.05, 4.69) is 0 Å². The first-order chi connectivity index (χ1) is 6.68. The van der Waals surface area contributed by atoms with Gasteiger partial charge in [0, 0.05) is 0 Å². The number of hydrogen-bond donors (Lipinski definition) is 2. The van der Waals surface area contributed by atoms with Crippen LogP contribution in [0.5, 0.6) is 0 Å². The Balaban J connectivity index is 2.70. The molecule has 3 heteroatoms. The standard InChI is InChI=1S/C11H10O3/c12-10(8-11(13)14)7-6-9-4-2-1-3-5-9/h1-8,12H,(H,13,14). The van der Waals surface area contributed by atoms with Crippen molar-refractivity contribution in [2.75, 3.05) is 0 Å². The maximum atomic E-state index is 10.2. The summed E-state index contributed by atoms with van der Waals surface area (Å²) in [6, 6.07) is 9.30. The highest BCUT2D eigenvalue weighted by molar-refractivity contribution is 5.81. The van der Waals surface area contributed by atoms with Gasteiger partial charge >= 0.3 is 5.97 Å². The van der Waals surface area contributed by atoms with Crippen molar-refractivity contribution in [3.8, 4) is 0 Å². The maximum Gasteiger partial charge on any atom is 0.332 e. The fourth-order valence-corrected chi connectivity index (χ4v) is 0.920. The van der Waals surface area contributed by atoms with E-state index in [0.717, 1.165) is 11.6 Å². The van der Waals surface area contributed by atoms with Crippen LogP contribution in [0.2, 0.25) is 0 Å². The van der Waals surface area contributed by atoms with Gasteiger partial charge in [0.05, 0.1) is 6.08 Å². The van der Waals surface area contributed by atoms with E-state index in [1.54, 1.807) is 6.08 Å².